The molecule has 7 heteroatoms. The standard InChI is InChI=1S/C14H20N2O5/c1-9(13(17)16-6-7-19-2)21-14(18)11-8-10(20-3)4-5-12(11)15/h4-5,8-9H,6-7,15H2,1-3H3,(H,16,17). The molecule has 0 aliphatic rings. The van der Waals surface area contributed by atoms with E-state index in [1.54, 1.807) is 12.1 Å². The van der Waals surface area contributed by atoms with Crippen molar-refractivity contribution >= 4 is 17.6 Å². The minimum absolute atomic E-state index is 0.158. The van der Waals surface area contributed by atoms with Crippen molar-refractivity contribution in [2.45, 2.75) is 13.0 Å². The van der Waals surface area contributed by atoms with Gasteiger partial charge in [-0.1, -0.05) is 0 Å². The van der Waals surface area contributed by atoms with Gasteiger partial charge in [0.2, 0.25) is 0 Å². The number of methoxy groups -OCH3 is 2. The lowest BCUT2D eigenvalue weighted by Gasteiger charge is -2.14. The molecule has 1 rings (SSSR count). The van der Waals surface area contributed by atoms with E-state index >= 15 is 0 Å². The maximum absolute atomic E-state index is 12.0. The summed E-state index contributed by atoms with van der Waals surface area (Å²) in [6.07, 6.45) is -0.931. The highest BCUT2D eigenvalue weighted by Gasteiger charge is 2.20. The van der Waals surface area contributed by atoms with E-state index in [1.807, 2.05) is 0 Å². The van der Waals surface area contributed by atoms with Crippen LogP contribution in [0.15, 0.2) is 18.2 Å². The molecule has 0 aliphatic heterocycles. The van der Waals surface area contributed by atoms with Crippen LogP contribution >= 0.6 is 0 Å². The minimum Gasteiger partial charge on any atom is -0.497 e. The second-order valence-corrected chi connectivity index (χ2v) is 4.28. The maximum Gasteiger partial charge on any atom is 0.341 e. The van der Waals surface area contributed by atoms with E-state index in [0.29, 0.717) is 18.9 Å². The van der Waals surface area contributed by atoms with Crippen LogP contribution in [0.4, 0.5) is 5.69 Å². The third kappa shape index (κ3) is 4.96. The molecule has 1 amide bonds. The largest absolute Gasteiger partial charge is 0.497 e. The number of amides is 1. The number of hydrogen-bond acceptors (Lipinski definition) is 6. The molecule has 116 valence electrons. The van der Waals surface area contributed by atoms with E-state index in [0.717, 1.165) is 0 Å². The van der Waals surface area contributed by atoms with Gasteiger partial charge in [0.15, 0.2) is 6.10 Å². The molecule has 1 aromatic carbocycles. The van der Waals surface area contributed by atoms with Gasteiger partial charge >= 0.3 is 5.97 Å². The van der Waals surface area contributed by atoms with Gasteiger partial charge < -0.3 is 25.3 Å². The molecule has 0 heterocycles. The average molecular weight is 296 g/mol. The number of nitrogens with two attached hydrogens (primary N) is 1. The Hall–Kier alpha value is -2.28. The van der Waals surface area contributed by atoms with Crippen LogP contribution in [0.2, 0.25) is 0 Å². The van der Waals surface area contributed by atoms with Crippen LogP contribution in [0.5, 0.6) is 5.75 Å². The van der Waals surface area contributed by atoms with Gasteiger partial charge in [-0.05, 0) is 25.1 Å². The molecule has 0 saturated heterocycles. The summed E-state index contributed by atoms with van der Waals surface area (Å²) in [4.78, 5) is 23.7. The van der Waals surface area contributed by atoms with Crippen LogP contribution in [0.3, 0.4) is 0 Å². The first-order chi connectivity index (χ1) is 9.99. The number of esters is 1. The second-order valence-electron chi connectivity index (χ2n) is 4.28. The zero-order valence-corrected chi connectivity index (χ0v) is 12.3. The Morgan fingerprint density at radius 3 is 2.67 bits per heavy atom. The number of nitrogens with one attached hydrogen (secondary N) is 1. The quantitative estimate of drug-likeness (QED) is 0.434. The molecule has 3 N–H and O–H groups in total. The van der Waals surface area contributed by atoms with Crippen molar-refractivity contribution in [3.05, 3.63) is 23.8 Å². The van der Waals surface area contributed by atoms with Gasteiger partial charge in [-0.2, -0.15) is 0 Å². The van der Waals surface area contributed by atoms with Gasteiger partial charge in [-0.3, -0.25) is 4.79 Å². The SMILES string of the molecule is COCCNC(=O)C(C)OC(=O)c1cc(OC)ccc1N. The van der Waals surface area contributed by atoms with Crippen LogP contribution in [0, 0.1) is 0 Å². The first-order valence-corrected chi connectivity index (χ1v) is 6.40. The Kier molecular flexibility index (Phi) is 6.48. The normalized spacial score (nSPS) is 11.6. The van der Waals surface area contributed by atoms with Crippen molar-refractivity contribution < 1.29 is 23.8 Å². The molecule has 0 spiro atoms. The molecule has 0 bridgehead atoms. The maximum atomic E-state index is 12.0. The number of nitrogen functional groups attached to an aromatic ring is 1. The third-order valence-electron chi connectivity index (χ3n) is 2.74. The molecule has 0 radical (unpaired) electrons. The topological polar surface area (TPSA) is 99.9 Å². The summed E-state index contributed by atoms with van der Waals surface area (Å²) in [6, 6.07) is 4.64. The number of anilines is 1. The smallest absolute Gasteiger partial charge is 0.341 e. The van der Waals surface area contributed by atoms with Crippen molar-refractivity contribution in [2.75, 3.05) is 33.1 Å². The Morgan fingerprint density at radius 1 is 1.33 bits per heavy atom. The molecular weight excluding hydrogens is 276 g/mol. The Labute approximate surface area is 123 Å². The van der Waals surface area contributed by atoms with E-state index < -0.39 is 18.0 Å². The summed E-state index contributed by atoms with van der Waals surface area (Å²) >= 11 is 0. The van der Waals surface area contributed by atoms with E-state index in [4.69, 9.17) is 19.9 Å². The molecule has 7 nitrogen and oxygen atoms in total. The van der Waals surface area contributed by atoms with Crippen LogP contribution < -0.4 is 15.8 Å². The van der Waals surface area contributed by atoms with Gasteiger partial charge in [0.1, 0.15) is 5.75 Å². The van der Waals surface area contributed by atoms with Gasteiger partial charge in [-0.25, -0.2) is 4.79 Å². The monoisotopic (exact) mass is 296 g/mol. The lowest BCUT2D eigenvalue weighted by molar-refractivity contribution is -0.129. The molecule has 0 fully saturated rings. The lowest BCUT2D eigenvalue weighted by atomic mass is 10.1. The van der Waals surface area contributed by atoms with Crippen molar-refractivity contribution in [1.82, 2.24) is 5.32 Å². The highest BCUT2D eigenvalue weighted by atomic mass is 16.5. The molecule has 1 atom stereocenters. The first-order valence-electron chi connectivity index (χ1n) is 6.40. The van der Waals surface area contributed by atoms with Crippen molar-refractivity contribution in [2.24, 2.45) is 0 Å². The fourth-order valence-corrected chi connectivity index (χ4v) is 1.54. The van der Waals surface area contributed by atoms with E-state index in [1.165, 1.54) is 27.2 Å². The number of carbonyl (C=O) groups is 2. The van der Waals surface area contributed by atoms with Crippen LogP contribution in [-0.4, -0.2) is 45.4 Å². The van der Waals surface area contributed by atoms with Crippen molar-refractivity contribution in [3.8, 4) is 5.75 Å². The number of carbonyl (C=O) groups excluding carboxylic acids is 2. The second kappa shape index (κ2) is 8.11. The van der Waals surface area contributed by atoms with Gasteiger partial charge in [0.25, 0.3) is 5.91 Å². The summed E-state index contributed by atoms with van der Waals surface area (Å²) in [5.41, 5.74) is 6.14. The van der Waals surface area contributed by atoms with Gasteiger partial charge in [-0.15, -0.1) is 0 Å². The van der Waals surface area contributed by atoms with Crippen molar-refractivity contribution in [1.29, 1.82) is 0 Å². The fraction of sp³-hybridized carbons (Fsp3) is 0.429. The third-order valence-corrected chi connectivity index (χ3v) is 2.74. The molecule has 0 aliphatic carbocycles. The Morgan fingerprint density at radius 2 is 2.05 bits per heavy atom. The summed E-state index contributed by atoms with van der Waals surface area (Å²) in [5.74, 6) is -0.601. The fourth-order valence-electron chi connectivity index (χ4n) is 1.54. The lowest BCUT2D eigenvalue weighted by Crippen LogP contribution is -2.37. The van der Waals surface area contributed by atoms with Gasteiger partial charge in [0, 0.05) is 19.3 Å². The average Bonchev–Trinajstić information content (AvgIpc) is 2.47. The molecule has 1 aromatic rings. The Bertz CT molecular complexity index is 504. The summed E-state index contributed by atoms with van der Waals surface area (Å²) in [6.45, 7) is 2.21. The first kappa shape index (κ1) is 16.8. The summed E-state index contributed by atoms with van der Waals surface area (Å²) in [7, 11) is 3.01. The zero-order valence-electron chi connectivity index (χ0n) is 12.3. The molecular formula is C14H20N2O5. The summed E-state index contributed by atoms with van der Waals surface area (Å²) in [5, 5.41) is 2.58. The van der Waals surface area contributed by atoms with Crippen LogP contribution in [0.25, 0.3) is 0 Å². The number of ether oxygens (including phenoxy) is 3. The zero-order chi connectivity index (χ0) is 15.8. The predicted octanol–water partition coefficient (Wildman–Crippen LogP) is 0.585. The summed E-state index contributed by atoms with van der Waals surface area (Å²) < 4.78 is 14.9. The number of benzene rings is 1. The van der Waals surface area contributed by atoms with E-state index in [9.17, 15) is 9.59 Å². The minimum atomic E-state index is -0.931. The molecule has 1 unspecified atom stereocenters. The predicted molar refractivity (Wildman–Crippen MR) is 77.2 cm³/mol. The molecule has 0 aromatic heterocycles. The van der Waals surface area contributed by atoms with Crippen LogP contribution in [0.1, 0.15) is 17.3 Å². The van der Waals surface area contributed by atoms with Crippen LogP contribution in [-0.2, 0) is 14.3 Å². The highest BCUT2D eigenvalue weighted by molar-refractivity contribution is 5.97. The van der Waals surface area contributed by atoms with E-state index in [2.05, 4.69) is 5.32 Å². The highest BCUT2D eigenvalue weighted by Crippen LogP contribution is 2.20. The molecule has 0 saturated carbocycles. The molecule has 21 heavy (non-hydrogen) atoms. The van der Waals surface area contributed by atoms with Crippen molar-refractivity contribution in [3.63, 3.8) is 0 Å². The number of rotatable bonds is 7. The number of hydrogen-bond donors (Lipinski definition) is 2. The van der Waals surface area contributed by atoms with Gasteiger partial charge in [0.05, 0.1) is 19.3 Å². The Balaban J connectivity index is 2.65. The van der Waals surface area contributed by atoms with E-state index in [-0.39, 0.29) is 11.3 Å².